The number of likely N-dealkylation sites (tertiary alicyclic amines) is 1. The Kier molecular flexibility index (Phi) is 7.06. The van der Waals surface area contributed by atoms with E-state index in [1.165, 1.54) is 0 Å². The SMILES string of the molecule is COc1ccccc1C(=O)N1CCC(C(=O)NCCN2CCOCC2)CC1. The Bertz CT molecular complexity index is 638. The Morgan fingerprint density at radius 3 is 2.56 bits per heavy atom. The van der Waals surface area contributed by atoms with Gasteiger partial charge in [0.15, 0.2) is 0 Å². The fourth-order valence-electron chi connectivity index (χ4n) is 3.64. The Morgan fingerprint density at radius 1 is 1.15 bits per heavy atom. The number of methoxy groups -OCH3 is 1. The van der Waals surface area contributed by atoms with Gasteiger partial charge in [0.2, 0.25) is 5.91 Å². The number of hydrogen-bond acceptors (Lipinski definition) is 5. The monoisotopic (exact) mass is 375 g/mol. The summed E-state index contributed by atoms with van der Waals surface area (Å²) < 4.78 is 10.6. The minimum atomic E-state index is -0.0291. The molecule has 0 aromatic heterocycles. The molecular weight excluding hydrogens is 346 g/mol. The van der Waals surface area contributed by atoms with Gasteiger partial charge in [-0.2, -0.15) is 0 Å². The van der Waals surface area contributed by atoms with E-state index in [9.17, 15) is 9.59 Å². The van der Waals surface area contributed by atoms with Gasteiger partial charge in [-0.05, 0) is 25.0 Å². The molecule has 7 nitrogen and oxygen atoms in total. The lowest BCUT2D eigenvalue weighted by atomic mass is 9.95. The van der Waals surface area contributed by atoms with Crippen molar-refractivity contribution >= 4 is 11.8 Å². The third kappa shape index (κ3) is 5.20. The van der Waals surface area contributed by atoms with Crippen molar-refractivity contribution < 1.29 is 19.1 Å². The summed E-state index contributed by atoms with van der Waals surface area (Å²) in [6.45, 7) is 6.12. The molecule has 0 spiro atoms. The van der Waals surface area contributed by atoms with E-state index in [-0.39, 0.29) is 17.7 Å². The molecule has 2 aliphatic heterocycles. The van der Waals surface area contributed by atoms with E-state index in [0.29, 0.717) is 43.8 Å². The van der Waals surface area contributed by atoms with Crippen molar-refractivity contribution in [3.8, 4) is 5.75 Å². The molecule has 3 rings (SSSR count). The van der Waals surface area contributed by atoms with Crippen LogP contribution in [0.4, 0.5) is 0 Å². The molecule has 2 saturated heterocycles. The lowest BCUT2D eigenvalue weighted by molar-refractivity contribution is -0.126. The van der Waals surface area contributed by atoms with E-state index < -0.39 is 0 Å². The average molecular weight is 375 g/mol. The normalized spacial score (nSPS) is 18.9. The number of hydrogen-bond donors (Lipinski definition) is 1. The van der Waals surface area contributed by atoms with E-state index in [4.69, 9.17) is 9.47 Å². The fraction of sp³-hybridized carbons (Fsp3) is 0.600. The molecule has 1 N–H and O–H groups in total. The summed E-state index contributed by atoms with van der Waals surface area (Å²) in [4.78, 5) is 29.3. The van der Waals surface area contributed by atoms with Gasteiger partial charge in [0.1, 0.15) is 5.75 Å². The van der Waals surface area contributed by atoms with Gasteiger partial charge in [0, 0.05) is 45.2 Å². The van der Waals surface area contributed by atoms with E-state index in [1.54, 1.807) is 19.2 Å². The highest BCUT2D eigenvalue weighted by atomic mass is 16.5. The minimum absolute atomic E-state index is 0.0172. The highest BCUT2D eigenvalue weighted by Gasteiger charge is 2.28. The maximum absolute atomic E-state index is 12.7. The molecule has 148 valence electrons. The van der Waals surface area contributed by atoms with Gasteiger partial charge in [0.25, 0.3) is 5.91 Å². The second kappa shape index (κ2) is 9.71. The van der Waals surface area contributed by atoms with Gasteiger partial charge in [-0.3, -0.25) is 14.5 Å². The van der Waals surface area contributed by atoms with Crippen molar-refractivity contribution in [2.24, 2.45) is 5.92 Å². The number of carbonyl (C=O) groups excluding carboxylic acids is 2. The smallest absolute Gasteiger partial charge is 0.257 e. The quantitative estimate of drug-likeness (QED) is 0.803. The Morgan fingerprint density at radius 2 is 1.85 bits per heavy atom. The van der Waals surface area contributed by atoms with Gasteiger partial charge >= 0.3 is 0 Å². The number of rotatable bonds is 6. The molecule has 2 amide bonds. The Hall–Kier alpha value is -2.12. The molecule has 2 fully saturated rings. The van der Waals surface area contributed by atoms with Crippen molar-refractivity contribution in [1.29, 1.82) is 0 Å². The predicted molar refractivity (Wildman–Crippen MR) is 102 cm³/mol. The number of para-hydroxylation sites is 1. The van der Waals surface area contributed by atoms with Crippen molar-refractivity contribution in [3.63, 3.8) is 0 Å². The van der Waals surface area contributed by atoms with Crippen LogP contribution in [0.25, 0.3) is 0 Å². The topological polar surface area (TPSA) is 71.1 Å². The molecule has 27 heavy (non-hydrogen) atoms. The molecule has 0 bridgehead atoms. The van der Waals surface area contributed by atoms with E-state index in [2.05, 4.69) is 10.2 Å². The first-order chi connectivity index (χ1) is 13.2. The largest absolute Gasteiger partial charge is 0.496 e. The molecule has 1 aromatic rings. The molecule has 0 radical (unpaired) electrons. The van der Waals surface area contributed by atoms with Gasteiger partial charge in [-0.25, -0.2) is 0 Å². The van der Waals surface area contributed by atoms with Gasteiger partial charge in [-0.1, -0.05) is 12.1 Å². The number of nitrogens with one attached hydrogen (secondary N) is 1. The van der Waals surface area contributed by atoms with Crippen LogP contribution in [0.2, 0.25) is 0 Å². The lowest BCUT2D eigenvalue weighted by Gasteiger charge is -2.32. The van der Waals surface area contributed by atoms with Gasteiger partial charge in [0.05, 0.1) is 25.9 Å². The minimum Gasteiger partial charge on any atom is -0.496 e. The number of nitrogens with zero attached hydrogens (tertiary/aromatic N) is 2. The standard InChI is InChI=1S/C20H29N3O4/c1-26-18-5-3-2-4-17(18)20(25)23-9-6-16(7-10-23)19(24)21-8-11-22-12-14-27-15-13-22/h2-5,16H,6-15H2,1H3,(H,21,24). The van der Waals surface area contributed by atoms with Crippen LogP contribution in [0.5, 0.6) is 5.75 Å². The van der Waals surface area contributed by atoms with Crippen molar-refractivity contribution in [3.05, 3.63) is 29.8 Å². The first-order valence-corrected chi connectivity index (χ1v) is 9.69. The third-order valence-electron chi connectivity index (χ3n) is 5.32. The van der Waals surface area contributed by atoms with Crippen molar-refractivity contribution in [1.82, 2.24) is 15.1 Å². The molecule has 0 atom stereocenters. The zero-order valence-corrected chi connectivity index (χ0v) is 16.0. The van der Waals surface area contributed by atoms with Crippen LogP contribution in [0.1, 0.15) is 23.2 Å². The Balaban J connectivity index is 1.42. The van der Waals surface area contributed by atoms with E-state index in [1.807, 2.05) is 17.0 Å². The van der Waals surface area contributed by atoms with Gasteiger partial charge < -0.3 is 19.7 Å². The summed E-state index contributed by atoms with van der Waals surface area (Å²) in [6.07, 6.45) is 1.40. The molecule has 2 aliphatic rings. The summed E-state index contributed by atoms with van der Waals surface area (Å²) in [7, 11) is 1.57. The Labute approximate surface area is 160 Å². The molecule has 1 aromatic carbocycles. The third-order valence-corrected chi connectivity index (χ3v) is 5.32. The van der Waals surface area contributed by atoms with E-state index >= 15 is 0 Å². The fourth-order valence-corrected chi connectivity index (χ4v) is 3.64. The van der Waals surface area contributed by atoms with Crippen LogP contribution >= 0.6 is 0 Å². The van der Waals surface area contributed by atoms with Crippen LogP contribution in [-0.2, 0) is 9.53 Å². The maximum atomic E-state index is 12.7. The summed E-state index contributed by atoms with van der Waals surface area (Å²) in [6, 6.07) is 7.26. The highest BCUT2D eigenvalue weighted by Crippen LogP contribution is 2.23. The molecule has 0 saturated carbocycles. The lowest BCUT2D eigenvalue weighted by Crippen LogP contribution is -2.45. The van der Waals surface area contributed by atoms with Crippen molar-refractivity contribution in [2.45, 2.75) is 12.8 Å². The summed E-state index contributed by atoms with van der Waals surface area (Å²) in [5, 5.41) is 3.05. The molecule has 7 heteroatoms. The van der Waals surface area contributed by atoms with Crippen LogP contribution in [-0.4, -0.2) is 81.2 Å². The molecule has 0 unspecified atom stereocenters. The van der Waals surface area contributed by atoms with Crippen LogP contribution < -0.4 is 10.1 Å². The first kappa shape index (κ1) is 19.6. The number of amides is 2. The second-order valence-electron chi connectivity index (χ2n) is 7.01. The number of benzene rings is 1. The number of morpholine rings is 1. The zero-order chi connectivity index (χ0) is 19.1. The van der Waals surface area contributed by atoms with Crippen LogP contribution in [0.3, 0.4) is 0 Å². The number of carbonyl (C=O) groups is 2. The van der Waals surface area contributed by atoms with Crippen LogP contribution in [0, 0.1) is 5.92 Å². The maximum Gasteiger partial charge on any atom is 0.257 e. The molecule has 0 aliphatic carbocycles. The molecule has 2 heterocycles. The number of piperidine rings is 1. The second-order valence-corrected chi connectivity index (χ2v) is 7.01. The number of ether oxygens (including phenoxy) is 2. The summed E-state index contributed by atoms with van der Waals surface area (Å²) >= 11 is 0. The van der Waals surface area contributed by atoms with Gasteiger partial charge in [-0.15, -0.1) is 0 Å². The molecular formula is C20H29N3O4. The summed E-state index contributed by atoms with van der Waals surface area (Å²) in [5.74, 6) is 0.646. The average Bonchev–Trinajstić information content (AvgIpc) is 2.74. The summed E-state index contributed by atoms with van der Waals surface area (Å²) in [5.41, 5.74) is 0.577. The zero-order valence-electron chi connectivity index (χ0n) is 16.0. The van der Waals surface area contributed by atoms with Crippen molar-refractivity contribution in [2.75, 3.05) is 59.6 Å². The highest BCUT2D eigenvalue weighted by molar-refractivity contribution is 5.97. The van der Waals surface area contributed by atoms with E-state index in [0.717, 1.165) is 32.8 Å². The first-order valence-electron chi connectivity index (χ1n) is 9.69. The van der Waals surface area contributed by atoms with Crippen LogP contribution in [0.15, 0.2) is 24.3 Å². The predicted octanol–water partition coefficient (Wildman–Crippen LogP) is 0.996.